The molecule has 1 aliphatic heterocycles. The van der Waals surface area contributed by atoms with E-state index in [0.29, 0.717) is 46.5 Å². The summed E-state index contributed by atoms with van der Waals surface area (Å²) in [7, 11) is 1.60. The first-order chi connectivity index (χ1) is 16.7. The molecule has 0 fully saturated rings. The van der Waals surface area contributed by atoms with Crippen LogP contribution >= 0.6 is 11.8 Å². The van der Waals surface area contributed by atoms with Gasteiger partial charge in [-0.3, -0.25) is 9.59 Å². The van der Waals surface area contributed by atoms with E-state index in [-0.39, 0.29) is 22.6 Å². The van der Waals surface area contributed by atoms with Crippen LogP contribution < -0.4 is 15.6 Å². The summed E-state index contributed by atoms with van der Waals surface area (Å²) in [5.74, 6) is 0.835. The first-order valence-electron chi connectivity index (χ1n) is 11.4. The third kappa shape index (κ3) is 4.62. The predicted octanol–water partition coefficient (Wildman–Crippen LogP) is 5.41. The molecule has 2 aromatic carbocycles. The normalized spacial score (nSPS) is 18.5. The summed E-state index contributed by atoms with van der Waals surface area (Å²) in [5.41, 5.74) is 3.02. The monoisotopic (exact) mass is 491 g/mol. The number of rotatable bonds is 5. The van der Waals surface area contributed by atoms with Crippen molar-refractivity contribution in [2.24, 2.45) is 5.41 Å². The number of methoxy groups -OCH3 is 1. The molecule has 0 radical (unpaired) electrons. The number of nitrogens with zero attached hydrogens (tertiary/aromatic N) is 1. The van der Waals surface area contributed by atoms with Crippen LogP contribution in [0.25, 0.3) is 0 Å². The van der Waals surface area contributed by atoms with Crippen LogP contribution in [0.4, 0.5) is 10.2 Å². The first kappa shape index (κ1) is 23.4. The molecule has 180 valence electrons. The number of thioether (sulfide) groups is 1. The zero-order chi connectivity index (χ0) is 24.7. The van der Waals surface area contributed by atoms with E-state index < -0.39 is 5.92 Å². The number of fused-ring (bicyclic) bond motifs is 1. The Kier molecular flexibility index (Phi) is 6.01. The predicted molar refractivity (Wildman–Crippen MR) is 134 cm³/mol. The van der Waals surface area contributed by atoms with Gasteiger partial charge in [-0.25, -0.2) is 9.37 Å². The standard InChI is InChI=1S/C27H26FN3O3S/c1-27(2)12-19-22(20(32)13-27)21(16-7-9-18(34-3)10-8-16)23-24(29-19)30-26(31-25(23)33)35-14-15-5-4-6-17(28)11-15/h4-11,21H,12-14H2,1-3H3,(H2,29,30,31,33)/t21-/m0/s1. The van der Waals surface area contributed by atoms with Crippen molar-refractivity contribution in [2.75, 3.05) is 12.4 Å². The lowest BCUT2D eigenvalue weighted by molar-refractivity contribution is -0.118. The number of ether oxygens (including phenoxy) is 1. The number of H-pyrrole nitrogens is 1. The van der Waals surface area contributed by atoms with Crippen LogP contribution in [0.1, 0.15) is 49.3 Å². The largest absolute Gasteiger partial charge is 0.497 e. The van der Waals surface area contributed by atoms with E-state index in [4.69, 9.17) is 9.72 Å². The molecular formula is C27H26FN3O3S. The molecule has 0 unspecified atom stereocenters. The molecule has 0 saturated heterocycles. The second-order valence-corrected chi connectivity index (χ2v) is 10.7. The van der Waals surface area contributed by atoms with Gasteiger partial charge in [0, 0.05) is 29.4 Å². The maximum atomic E-state index is 13.6. The van der Waals surface area contributed by atoms with Crippen LogP contribution in [0, 0.1) is 11.2 Å². The zero-order valence-electron chi connectivity index (χ0n) is 19.8. The van der Waals surface area contributed by atoms with Gasteiger partial charge in [0.25, 0.3) is 5.56 Å². The van der Waals surface area contributed by atoms with E-state index in [9.17, 15) is 14.0 Å². The van der Waals surface area contributed by atoms with Crippen LogP contribution in [0.3, 0.4) is 0 Å². The lowest BCUT2D eigenvalue weighted by Gasteiger charge is -2.38. The van der Waals surface area contributed by atoms with Crippen molar-refractivity contribution in [3.63, 3.8) is 0 Å². The number of aromatic amines is 1. The van der Waals surface area contributed by atoms with E-state index >= 15 is 0 Å². The molecule has 6 nitrogen and oxygen atoms in total. The van der Waals surface area contributed by atoms with Gasteiger partial charge in [0.05, 0.1) is 12.7 Å². The second kappa shape index (κ2) is 9.00. The number of allylic oxidation sites excluding steroid dienone is 2. The Morgan fingerprint density at radius 3 is 2.63 bits per heavy atom. The number of anilines is 1. The lowest BCUT2D eigenvalue weighted by atomic mass is 9.69. The number of ketones is 1. The van der Waals surface area contributed by atoms with Gasteiger partial charge in [-0.05, 0) is 47.2 Å². The fourth-order valence-corrected chi connectivity index (χ4v) is 5.67. The highest BCUT2D eigenvalue weighted by atomic mass is 32.2. The summed E-state index contributed by atoms with van der Waals surface area (Å²) in [6.45, 7) is 4.14. The Labute approximate surface area is 207 Å². The number of nitrogens with one attached hydrogen (secondary N) is 2. The van der Waals surface area contributed by atoms with Crippen molar-refractivity contribution >= 4 is 23.4 Å². The number of hydrogen-bond donors (Lipinski definition) is 2. The van der Waals surface area contributed by atoms with Crippen molar-refractivity contribution < 1.29 is 13.9 Å². The number of Topliss-reactive ketones (excluding diaryl/α,β-unsaturated/α-hetero) is 1. The molecule has 35 heavy (non-hydrogen) atoms. The summed E-state index contributed by atoms with van der Waals surface area (Å²) >= 11 is 1.33. The third-order valence-electron chi connectivity index (χ3n) is 6.41. The first-order valence-corrected chi connectivity index (χ1v) is 12.4. The fourth-order valence-electron chi connectivity index (χ4n) is 4.87. The van der Waals surface area contributed by atoms with Gasteiger partial charge < -0.3 is 15.0 Å². The van der Waals surface area contributed by atoms with Crippen LogP contribution in [0.15, 0.2) is 69.8 Å². The van der Waals surface area contributed by atoms with E-state index in [1.807, 2.05) is 30.3 Å². The summed E-state index contributed by atoms with van der Waals surface area (Å²) < 4.78 is 18.8. The summed E-state index contributed by atoms with van der Waals surface area (Å²) in [5, 5.41) is 3.76. The van der Waals surface area contributed by atoms with E-state index in [1.54, 1.807) is 13.2 Å². The summed E-state index contributed by atoms with van der Waals surface area (Å²) in [4.78, 5) is 34.3. The van der Waals surface area contributed by atoms with Gasteiger partial charge in [0.15, 0.2) is 10.9 Å². The number of carbonyl (C=O) groups is 1. The van der Waals surface area contributed by atoms with Crippen LogP contribution in [0.2, 0.25) is 0 Å². The molecule has 1 aliphatic carbocycles. The topological polar surface area (TPSA) is 84.1 Å². The average Bonchev–Trinajstić information content (AvgIpc) is 2.81. The Bertz CT molecular complexity index is 1400. The minimum Gasteiger partial charge on any atom is -0.497 e. The molecule has 2 heterocycles. The van der Waals surface area contributed by atoms with E-state index in [2.05, 4.69) is 24.1 Å². The average molecular weight is 492 g/mol. The van der Waals surface area contributed by atoms with Crippen molar-refractivity contribution in [1.29, 1.82) is 0 Å². The Balaban J connectivity index is 1.57. The van der Waals surface area contributed by atoms with Crippen molar-refractivity contribution in [1.82, 2.24) is 9.97 Å². The molecule has 3 aromatic rings. The maximum Gasteiger partial charge on any atom is 0.257 e. The van der Waals surface area contributed by atoms with Gasteiger partial charge in [0.2, 0.25) is 0 Å². The Morgan fingerprint density at radius 1 is 1.14 bits per heavy atom. The minimum atomic E-state index is -0.519. The smallest absolute Gasteiger partial charge is 0.257 e. The highest BCUT2D eigenvalue weighted by Crippen LogP contribution is 2.47. The van der Waals surface area contributed by atoms with Gasteiger partial charge in [-0.1, -0.05) is 49.9 Å². The molecule has 1 atom stereocenters. The molecule has 5 rings (SSSR count). The lowest BCUT2D eigenvalue weighted by Crippen LogP contribution is -2.37. The van der Waals surface area contributed by atoms with Crippen LogP contribution in [-0.2, 0) is 10.5 Å². The van der Waals surface area contributed by atoms with Crippen molar-refractivity contribution in [2.45, 2.75) is 43.5 Å². The number of carbonyl (C=O) groups excluding carboxylic acids is 1. The molecular weight excluding hydrogens is 465 g/mol. The molecule has 8 heteroatoms. The van der Waals surface area contributed by atoms with Gasteiger partial charge in [0.1, 0.15) is 17.4 Å². The van der Waals surface area contributed by atoms with Crippen molar-refractivity contribution in [3.8, 4) is 5.75 Å². The SMILES string of the molecule is COc1ccc([C@H]2C3=C(CC(C)(C)CC3=O)Nc3nc(SCc4cccc(F)c4)[nH]c(=O)c32)cc1. The highest BCUT2D eigenvalue weighted by Gasteiger charge is 2.42. The number of benzene rings is 2. The molecule has 0 saturated carbocycles. The minimum absolute atomic E-state index is 0.0409. The number of halogens is 1. The van der Waals surface area contributed by atoms with E-state index in [1.165, 1.54) is 23.9 Å². The highest BCUT2D eigenvalue weighted by molar-refractivity contribution is 7.98. The molecule has 2 aliphatic rings. The molecule has 0 amide bonds. The molecule has 2 N–H and O–H groups in total. The quantitative estimate of drug-likeness (QED) is 0.367. The van der Waals surface area contributed by atoms with Gasteiger partial charge in [-0.15, -0.1) is 0 Å². The van der Waals surface area contributed by atoms with Crippen LogP contribution in [-0.4, -0.2) is 22.9 Å². The summed E-state index contributed by atoms with van der Waals surface area (Å²) in [6.07, 6.45) is 1.10. The number of hydrogen-bond acceptors (Lipinski definition) is 6. The summed E-state index contributed by atoms with van der Waals surface area (Å²) in [6, 6.07) is 13.8. The van der Waals surface area contributed by atoms with Gasteiger partial charge in [-0.2, -0.15) is 0 Å². The molecule has 0 spiro atoms. The number of aromatic nitrogens is 2. The van der Waals surface area contributed by atoms with Crippen molar-refractivity contribution in [3.05, 3.63) is 92.7 Å². The fraction of sp³-hybridized carbons (Fsp3) is 0.296. The second-order valence-electron chi connectivity index (χ2n) is 9.72. The Hall–Kier alpha value is -3.39. The third-order valence-corrected chi connectivity index (χ3v) is 7.36. The molecule has 0 bridgehead atoms. The maximum absolute atomic E-state index is 13.6. The van der Waals surface area contributed by atoms with Crippen LogP contribution in [0.5, 0.6) is 5.75 Å². The van der Waals surface area contributed by atoms with E-state index in [0.717, 1.165) is 16.8 Å². The Morgan fingerprint density at radius 2 is 1.91 bits per heavy atom. The molecule has 1 aromatic heterocycles. The van der Waals surface area contributed by atoms with Gasteiger partial charge >= 0.3 is 0 Å². The zero-order valence-corrected chi connectivity index (χ0v) is 20.6.